The molecule has 1 amide bonds. The predicted octanol–water partition coefficient (Wildman–Crippen LogP) is 4.53. The summed E-state index contributed by atoms with van der Waals surface area (Å²) in [6.07, 6.45) is 0. The first-order valence-corrected chi connectivity index (χ1v) is 7.38. The average molecular weight is 406 g/mol. The van der Waals surface area contributed by atoms with Crippen LogP contribution in [0.3, 0.4) is 0 Å². The molecule has 0 aliphatic carbocycles. The van der Waals surface area contributed by atoms with Crippen LogP contribution in [0, 0.1) is 3.57 Å². The van der Waals surface area contributed by atoms with Crippen molar-refractivity contribution in [2.24, 2.45) is 0 Å². The number of carbonyl (C=O) groups is 1. The minimum absolute atomic E-state index is 0.146. The number of amides is 1. The van der Waals surface area contributed by atoms with Crippen LogP contribution in [0.5, 0.6) is 0 Å². The van der Waals surface area contributed by atoms with E-state index in [1.165, 1.54) is 0 Å². The van der Waals surface area contributed by atoms with Gasteiger partial charge in [0.25, 0.3) is 5.91 Å². The van der Waals surface area contributed by atoms with Crippen LogP contribution in [0.1, 0.15) is 15.9 Å². The lowest BCUT2D eigenvalue weighted by Crippen LogP contribution is -2.23. The smallest absolute Gasteiger partial charge is 0.251 e. The molecule has 0 heterocycles. The highest BCUT2D eigenvalue weighted by Crippen LogP contribution is 2.23. The Kier molecular flexibility index (Phi) is 5.07. The Hall–Kier alpha value is -0.780. The summed E-state index contributed by atoms with van der Waals surface area (Å²) in [5, 5.41) is 3.91. The Morgan fingerprint density at radius 1 is 1.05 bits per heavy atom. The number of halogens is 3. The topological polar surface area (TPSA) is 29.1 Å². The molecule has 0 bridgehead atoms. The molecule has 0 saturated heterocycles. The molecular weight excluding hydrogens is 396 g/mol. The first-order valence-electron chi connectivity index (χ1n) is 5.54. The zero-order valence-electron chi connectivity index (χ0n) is 9.79. The third-order valence-electron chi connectivity index (χ3n) is 2.59. The summed E-state index contributed by atoms with van der Waals surface area (Å²) in [4.78, 5) is 12.0. The lowest BCUT2D eigenvalue weighted by molar-refractivity contribution is 0.0951. The van der Waals surface area contributed by atoms with E-state index in [9.17, 15) is 4.79 Å². The van der Waals surface area contributed by atoms with Gasteiger partial charge in [0.2, 0.25) is 0 Å². The number of hydrogen-bond acceptors (Lipinski definition) is 1. The third-order valence-corrected chi connectivity index (χ3v) is 4.02. The normalized spacial score (nSPS) is 10.3. The van der Waals surface area contributed by atoms with E-state index in [0.717, 1.165) is 9.13 Å². The summed E-state index contributed by atoms with van der Waals surface area (Å²) in [6, 6.07) is 12.6. The largest absolute Gasteiger partial charge is 0.348 e. The van der Waals surface area contributed by atoms with Gasteiger partial charge in [-0.25, -0.2) is 0 Å². The Bertz CT molecular complexity index is 579. The summed E-state index contributed by atoms with van der Waals surface area (Å²) in [6.45, 7) is 0.309. The molecule has 0 aromatic heterocycles. The van der Waals surface area contributed by atoms with E-state index in [1.54, 1.807) is 30.3 Å². The van der Waals surface area contributed by atoms with Crippen molar-refractivity contribution in [2.75, 3.05) is 0 Å². The predicted molar refractivity (Wildman–Crippen MR) is 86.8 cm³/mol. The molecule has 5 heteroatoms. The van der Waals surface area contributed by atoms with Crippen LogP contribution in [-0.4, -0.2) is 5.91 Å². The van der Waals surface area contributed by atoms with Crippen molar-refractivity contribution >= 4 is 51.7 Å². The lowest BCUT2D eigenvalue weighted by atomic mass is 10.2. The van der Waals surface area contributed by atoms with Crippen molar-refractivity contribution < 1.29 is 4.79 Å². The van der Waals surface area contributed by atoms with Gasteiger partial charge in [-0.3, -0.25) is 4.79 Å². The second-order valence-corrected chi connectivity index (χ2v) is 5.95. The minimum atomic E-state index is -0.146. The number of benzene rings is 2. The number of carbonyl (C=O) groups excluding carboxylic acids is 1. The minimum Gasteiger partial charge on any atom is -0.348 e. The van der Waals surface area contributed by atoms with E-state index < -0.39 is 0 Å². The maximum Gasteiger partial charge on any atom is 0.251 e. The van der Waals surface area contributed by atoms with Crippen molar-refractivity contribution in [2.45, 2.75) is 6.54 Å². The average Bonchev–Trinajstić information content (AvgIpc) is 2.38. The Labute approximate surface area is 135 Å². The molecular formula is C14H10Cl2INO. The van der Waals surface area contributed by atoms with Gasteiger partial charge in [-0.05, 0) is 59.0 Å². The molecule has 0 fully saturated rings. The van der Waals surface area contributed by atoms with Gasteiger partial charge in [0.05, 0.1) is 0 Å². The molecule has 0 radical (unpaired) electrons. The molecule has 2 aromatic rings. The maximum atomic E-state index is 12.0. The molecule has 0 saturated carbocycles. The molecule has 2 nitrogen and oxygen atoms in total. The van der Waals surface area contributed by atoms with Gasteiger partial charge < -0.3 is 5.32 Å². The summed E-state index contributed by atoms with van der Waals surface area (Å²) in [7, 11) is 0. The zero-order chi connectivity index (χ0) is 13.8. The Morgan fingerprint density at radius 3 is 2.21 bits per heavy atom. The fraction of sp³-hybridized carbons (Fsp3) is 0.0714. The van der Waals surface area contributed by atoms with Crippen LogP contribution in [0.15, 0.2) is 42.5 Å². The molecule has 0 aliphatic rings. The van der Waals surface area contributed by atoms with Crippen LogP contribution in [0.25, 0.3) is 0 Å². The van der Waals surface area contributed by atoms with Gasteiger partial charge in [-0.1, -0.05) is 29.3 Å². The van der Waals surface area contributed by atoms with Crippen molar-refractivity contribution in [3.63, 3.8) is 0 Å². The van der Waals surface area contributed by atoms with Crippen molar-refractivity contribution in [1.29, 1.82) is 0 Å². The monoisotopic (exact) mass is 405 g/mol. The van der Waals surface area contributed by atoms with Gasteiger partial charge in [0.15, 0.2) is 0 Å². The fourth-order valence-electron chi connectivity index (χ4n) is 1.57. The SMILES string of the molecule is O=C(NCc1c(Cl)cccc1Cl)c1ccc(I)cc1. The van der Waals surface area contributed by atoms with Crippen LogP contribution in [-0.2, 0) is 6.54 Å². The number of nitrogens with one attached hydrogen (secondary N) is 1. The highest BCUT2D eigenvalue weighted by atomic mass is 127. The Balaban J connectivity index is 2.06. The van der Waals surface area contributed by atoms with Gasteiger partial charge in [0, 0.05) is 31.3 Å². The second kappa shape index (κ2) is 6.59. The lowest BCUT2D eigenvalue weighted by Gasteiger charge is -2.09. The van der Waals surface area contributed by atoms with Crippen LogP contribution in [0.4, 0.5) is 0 Å². The first-order chi connectivity index (χ1) is 9.08. The molecule has 19 heavy (non-hydrogen) atoms. The molecule has 2 rings (SSSR count). The van der Waals surface area contributed by atoms with Crippen molar-refractivity contribution in [3.05, 3.63) is 67.2 Å². The highest BCUT2D eigenvalue weighted by molar-refractivity contribution is 14.1. The van der Waals surface area contributed by atoms with E-state index >= 15 is 0 Å². The fourth-order valence-corrected chi connectivity index (χ4v) is 2.46. The van der Waals surface area contributed by atoms with Crippen molar-refractivity contribution in [1.82, 2.24) is 5.32 Å². The molecule has 2 aromatic carbocycles. The molecule has 98 valence electrons. The number of rotatable bonds is 3. The van der Waals surface area contributed by atoms with Gasteiger partial charge in [0.1, 0.15) is 0 Å². The van der Waals surface area contributed by atoms with E-state index in [4.69, 9.17) is 23.2 Å². The number of hydrogen-bond donors (Lipinski definition) is 1. The van der Waals surface area contributed by atoms with E-state index in [2.05, 4.69) is 27.9 Å². The quantitative estimate of drug-likeness (QED) is 0.747. The molecule has 1 N–H and O–H groups in total. The summed E-state index contributed by atoms with van der Waals surface area (Å²) >= 11 is 14.3. The van der Waals surface area contributed by atoms with E-state index in [0.29, 0.717) is 22.2 Å². The highest BCUT2D eigenvalue weighted by Gasteiger charge is 2.09. The Morgan fingerprint density at radius 2 is 1.63 bits per heavy atom. The van der Waals surface area contributed by atoms with Crippen LogP contribution < -0.4 is 5.32 Å². The molecule has 0 aliphatic heterocycles. The molecule has 0 spiro atoms. The van der Waals surface area contributed by atoms with Gasteiger partial charge in [-0.15, -0.1) is 0 Å². The van der Waals surface area contributed by atoms with Crippen LogP contribution in [0.2, 0.25) is 10.0 Å². The van der Waals surface area contributed by atoms with Crippen molar-refractivity contribution in [3.8, 4) is 0 Å². The first kappa shape index (κ1) is 14.6. The van der Waals surface area contributed by atoms with Crippen LogP contribution >= 0.6 is 45.8 Å². The zero-order valence-corrected chi connectivity index (χ0v) is 13.5. The molecule has 0 atom stereocenters. The summed E-state index contributed by atoms with van der Waals surface area (Å²) in [5.74, 6) is -0.146. The van der Waals surface area contributed by atoms with Gasteiger partial charge in [-0.2, -0.15) is 0 Å². The maximum absolute atomic E-state index is 12.0. The standard InChI is InChI=1S/C14H10Cl2INO/c15-12-2-1-3-13(16)11(12)8-18-14(19)9-4-6-10(17)7-5-9/h1-7H,8H2,(H,18,19). The molecule has 0 unspecified atom stereocenters. The van der Waals surface area contributed by atoms with E-state index in [1.807, 2.05) is 12.1 Å². The second-order valence-electron chi connectivity index (χ2n) is 3.89. The summed E-state index contributed by atoms with van der Waals surface area (Å²) in [5.41, 5.74) is 1.34. The van der Waals surface area contributed by atoms with E-state index in [-0.39, 0.29) is 5.91 Å². The van der Waals surface area contributed by atoms with Gasteiger partial charge >= 0.3 is 0 Å². The summed E-state index contributed by atoms with van der Waals surface area (Å²) < 4.78 is 1.09. The third kappa shape index (κ3) is 3.84.